The summed E-state index contributed by atoms with van der Waals surface area (Å²) in [6.45, 7) is 4.73. The number of benzene rings is 1. The van der Waals surface area contributed by atoms with E-state index in [9.17, 15) is 13.2 Å². The first kappa shape index (κ1) is 18.8. The van der Waals surface area contributed by atoms with Crippen molar-refractivity contribution in [2.24, 2.45) is 0 Å². The maximum absolute atomic E-state index is 12.7. The van der Waals surface area contributed by atoms with Gasteiger partial charge in [-0.2, -0.15) is 0 Å². The Morgan fingerprint density at radius 3 is 2.42 bits per heavy atom. The molecule has 0 bridgehead atoms. The molecule has 1 atom stereocenters. The van der Waals surface area contributed by atoms with Gasteiger partial charge in [-0.3, -0.25) is 9.10 Å². The molecule has 24 heavy (non-hydrogen) atoms. The lowest BCUT2D eigenvalue weighted by Gasteiger charge is -2.36. The number of aryl methyl sites for hydroxylation is 1. The van der Waals surface area contributed by atoms with Gasteiger partial charge >= 0.3 is 0 Å². The zero-order valence-electron chi connectivity index (χ0n) is 14.9. The Bertz CT molecular complexity index is 655. The third-order valence-corrected chi connectivity index (χ3v) is 5.87. The Kier molecular flexibility index (Phi) is 6.27. The van der Waals surface area contributed by atoms with Gasteiger partial charge in [0.15, 0.2) is 0 Å². The minimum absolute atomic E-state index is 0.105. The van der Waals surface area contributed by atoms with Gasteiger partial charge in [0.1, 0.15) is 6.54 Å². The number of hydrogen-bond acceptors (Lipinski definition) is 3. The van der Waals surface area contributed by atoms with Gasteiger partial charge in [-0.25, -0.2) is 8.42 Å². The minimum atomic E-state index is -3.51. The second-order valence-corrected chi connectivity index (χ2v) is 8.34. The number of amides is 1. The van der Waals surface area contributed by atoms with E-state index in [1.807, 2.05) is 24.0 Å². The second-order valence-electron chi connectivity index (χ2n) is 6.43. The van der Waals surface area contributed by atoms with Crippen LogP contribution in [0.3, 0.4) is 0 Å². The Labute approximate surface area is 145 Å². The Hall–Kier alpha value is -1.56. The fraction of sp³-hybridized carbons (Fsp3) is 0.611. The molecule has 0 spiro atoms. The van der Waals surface area contributed by atoms with Gasteiger partial charge in [-0.05, 0) is 49.8 Å². The van der Waals surface area contributed by atoms with Crippen LogP contribution in [-0.4, -0.2) is 44.6 Å². The molecular weight excluding hydrogens is 324 g/mol. The van der Waals surface area contributed by atoms with Crippen LogP contribution in [-0.2, 0) is 21.2 Å². The van der Waals surface area contributed by atoms with Gasteiger partial charge in [0, 0.05) is 12.6 Å². The molecule has 2 rings (SSSR count). The van der Waals surface area contributed by atoms with Crippen LogP contribution in [0, 0.1) is 0 Å². The van der Waals surface area contributed by atoms with E-state index in [-0.39, 0.29) is 18.5 Å². The molecule has 1 fully saturated rings. The van der Waals surface area contributed by atoms with Crippen LogP contribution < -0.4 is 4.31 Å². The largest absolute Gasteiger partial charge is 0.338 e. The Morgan fingerprint density at radius 1 is 1.21 bits per heavy atom. The van der Waals surface area contributed by atoms with E-state index in [2.05, 4.69) is 6.92 Å². The van der Waals surface area contributed by atoms with E-state index in [1.54, 1.807) is 12.1 Å². The summed E-state index contributed by atoms with van der Waals surface area (Å²) in [4.78, 5) is 14.6. The standard InChI is InChI=1S/C18H28N2O3S/c1-4-15-9-11-17(12-10-15)20(24(3,22)23)14-18(21)19-13-7-6-8-16(19)5-2/h9-12,16H,4-8,13-14H2,1-3H3. The number of hydrogen-bond donors (Lipinski definition) is 0. The zero-order valence-corrected chi connectivity index (χ0v) is 15.7. The predicted molar refractivity (Wildman–Crippen MR) is 97.7 cm³/mol. The topological polar surface area (TPSA) is 57.7 Å². The van der Waals surface area contributed by atoms with Crippen molar-refractivity contribution in [3.63, 3.8) is 0 Å². The summed E-state index contributed by atoms with van der Waals surface area (Å²) in [5.74, 6) is -0.105. The smallest absolute Gasteiger partial charge is 0.243 e. The number of nitrogens with zero attached hydrogens (tertiary/aromatic N) is 2. The first-order chi connectivity index (χ1) is 11.4. The number of sulfonamides is 1. The molecular formula is C18H28N2O3S. The molecule has 1 aromatic rings. The normalized spacial score (nSPS) is 18.5. The van der Waals surface area contributed by atoms with E-state index in [4.69, 9.17) is 0 Å². The molecule has 0 aromatic heterocycles. The quantitative estimate of drug-likeness (QED) is 0.791. The predicted octanol–water partition coefficient (Wildman–Crippen LogP) is 2.81. The fourth-order valence-corrected chi connectivity index (χ4v) is 4.11. The molecule has 1 amide bonds. The average Bonchev–Trinajstić information content (AvgIpc) is 2.58. The highest BCUT2D eigenvalue weighted by atomic mass is 32.2. The van der Waals surface area contributed by atoms with Crippen LogP contribution in [0.4, 0.5) is 5.69 Å². The monoisotopic (exact) mass is 352 g/mol. The van der Waals surface area contributed by atoms with Crippen LogP contribution in [0.5, 0.6) is 0 Å². The zero-order chi connectivity index (χ0) is 17.7. The first-order valence-electron chi connectivity index (χ1n) is 8.73. The fourth-order valence-electron chi connectivity index (χ4n) is 3.26. The molecule has 1 aliphatic heterocycles. The van der Waals surface area contributed by atoms with Gasteiger partial charge in [-0.1, -0.05) is 26.0 Å². The third-order valence-electron chi connectivity index (χ3n) is 4.73. The van der Waals surface area contributed by atoms with Gasteiger partial charge < -0.3 is 4.90 Å². The molecule has 1 aromatic carbocycles. The van der Waals surface area contributed by atoms with Crippen molar-refractivity contribution in [2.75, 3.05) is 23.7 Å². The number of rotatable bonds is 6. The van der Waals surface area contributed by atoms with Crippen molar-refractivity contribution >= 4 is 21.6 Å². The number of anilines is 1. The van der Waals surface area contributed by atoms with E-state index in [0.717, 1.165) is 50.5 Å². The lowest BCUT2D eigenvalue weighted by molar-refractivity contribution is -0.133. The highest BCUT2D eigenvalue weighted by Crippen LogP contribution is 2.22. The van der Waals surface area contributed by atoms with Crippen molar-refractivity contribution < 1.29 is 13.2 Å². The summed E-state index contributed by atoms with van der Waals surface area (Å²) in [6.07, 6.45) is 6.09. The van der Waals surface area contributed by atoms with Gasteiger partial charge in [0.05, 0.1) is 11.9 Å². The highest BCUT2D eigenvalue weighted by molar-refractivity contribution is 7.92. The second kappa shape index (κ2) is 8.01. The Morgan fingerprint density at radius 2 is 1.88 bits per heavy atom. The lowest BCUT2D eigenvalue weighted by Crippen LogP contribution is -2.48. The van der Waals surface area contributed by atoms with E-state index >= 15 is 0 Å². The van der Waals surface area contributed by atoms with Crippen molar-refractivity contribution in [3.05, 3.63) is 29.8 Å². The summed E-state index contributed by atoms with van der Waals surface area (Å²) in [7, 11) is -3.51. The number of likely N-dealkylation sites (tertiary alicyclic amines) is 1. The Balaban J connectivity index is 2.21. The third kappa shape index (κ3) is 4.50. The van der Waals surface area contributed by atoms with Gasteiger partial charge in [-0.15, -0.1) is 0 Å². The molecule has 1 aliphatic rings. The van der Waals surface area contributed by atoms with Crippen LogP contribution in [0.2, 0.25) is 0 Å². The summed E-state index contributed by atoms with van der Waals surface area (Å²) in [6, 6.07) is 7.61. The van der Waals surface area contributed by atoms with Crippen molar-refractivity contribution in [2.45, 2.75) is 52.0 Å². The van der Waals surface area contributed by atoms with Crippen LogP contribution in [0.15, 0.2) is 24.3 Å². The molecule has 6 heteroatoms. The highest BCUT2D eigenvalue weighted by Gasteiger charge is 2.29. The molecule has 1 saturated heterocycles. The van der Waals surface area contributed by atoms with E-state index in [1.165, 1.54) is 4.31 Å². The van der Waals surface area contributed by atoms with Crippen LogP contribution in [0.25, 0.3) is 0 Å². The summed E-state index contributed by atoms with van der Waals surface area (Å²) in [5, 5.41) is 0. The van der Waals surface area contributed by atoms with Crippen molar-refractivity contribution in [1.29, 1.82) is 0 Å². The summed E-state index contributed by atoms with van der Waals surface area (Å²) >= 11 is 0. The van der Waals surface area contributed by atoms with Gasteiger partial charge in [0.2, 0.25) is 15.9 Å². The first-order valence-corrected chi connectivity index (χ1v) is 10.6. The average molecular weight is 352 g/mol. The summed E-state index contributed by atoms with van der Waals surface area (Å²) < 4.78 is 25.6. The number of carbonyl (C=O) groups excluding carboxylic acids is 1. The van der Waals surface area contributed by atoms with Crippen LogP contribution in [0.1, 0.15) is 45.1 Å². The molecule has 1 heterocycles. The molecule has 5 nitrogen and oxygen atoms in total. The molecule has 0 aliphatic carbocycles. The van der Waals surface area contributed by atoms with Gasteiger partial charge in [0.25, 0.3) is 0 Å². The lowest BCUT2D eigenvalue weighted by atomic mass is 10.00. The maximum Gasteiger partial charge on any atom is 0.243 e. The maximum atomic E-state index is 12.7. The molecule has 0 N–H and O–H groups in total. The molecule has 1 unspecified atom stereocenters. The van der Waals surface area contributed by atoms with E-state index in [0.29, 0.717) is 5.69 Å². The molecule has 134 valence electrons. The summed E-state index contributed by atoms with van der Waals surface area (Å²) in [5.41, 5.74) is 1.69. The number of carbonyl (C=O) groups is 1. The molecule has 0 saturated carbocycles. The van der Waals surface area contributed by atoms with Crippen molar-refractivity contribution in [3.8, 4) is 0 Å². The van der Waals surface area contributed by atoms with E-state index < -0.39 is 10.0 Å². The minimum Gasteiger partial charge on any atom is -0.338 e. The SMILES string of the molecule is CCc1ccc(N(CC(=O)N2CCCCC2CC)S(C)(=O)=O)cc1. The van der Waals surface area contributed by atoms with Crippen molar-refractivity contribution in [1.82, 2.24) is 4.90 Å². The molecule has 0 radical (unpaired) electrons. The van der Waals surface area contributed by atoms with Crippen LogP contribution >= 0.6 is 0 Å². The number of piperidine rings is 1.